The monoisotopic (exact) mass is 411 g/mol. The van der Waals surface area contributed by atoms with Crippen molar-refractivity contribution < 1.29 is 14.3 Å². The van der Waals surface area contributed by atoms with Gasteiger partial charge in [-0.1, -0.05) is 78.0 Å². The van der Waals surface area contributed by atoms with Crippen molar-refractivity contribution in [3.63, 3.8) is 0 Å². The highest BCUT2D eigenvalue weighted by Crippen LogP contribution is 2.33. The van der Waals surface area contributed by atoms with E-state index in [1.54, 1.807) is 0 Å². The zero-order valence-electron chi connectivity index (χ0n) is 17.4. The molecule has 0 radical (unpaired) electrons. The summed E-state index contributed by atoms with van der Waals surface area (Å²) >= 11 is 0. The smallest absolute Gasteiger partial charge is 0.271 e. The van der Waals surface area contributed by atoms with Gasteiger partial charge in [0.1, 0.15) is 23.1 Å². The number of rotatable bonds is 6. The van der Waals surface area contributed by atoms with Crippen LogP contribution in [0.25, 0.3) is 33.5 Å². The Balaban J connectivity index is 1.36. The first-order valence-corrected chi connectivity index (χ1v) is 10.4. The Morgan fingerprint density at radius 1 is 0.903 bits per heavy atom. The van der Waals surface area contributed by atoms with E-state index < -0.39 is 0 Å². The summed E-state index contributed by atoms with van der Waals surface area (Å²) in [4.78, 5) is 0. The van der Waals surface area contributed by atoms with Crippen LogP contribution in [0.1, 0.15) is 30.2 Å². The van der Waals surface area contributed by atoms with Crippen molar-refractivity contribution in [2.45, 2.75) is 26.4 Å². The van der Waals surface area contributed by atoms with Crippen molar-refractivity contribution in [3.05, 3.63) is 90.0 Å². The molecule has 0 aliphatic heterocycles. The molecule has 0 fully saturated rings. The Labute approximate surface area is 179 Å². The molecule has 2 aromatic heterocycles. The van der Waals surface area contributed by atoms with Gasteiger partial charge in [-0.3, -0.25) is 0 Å². The van der Waals surface area contributed by atoms with Gasteiger partial charge in [0.15, 0.2) is 6.54 Å². The maximum absolute atomic E-state index is 5.99. The molecule has 31 heavy (non-hydrogen) atoms. The fraction of sp³-hybridized carbons (Fsp3) is 0.160. The number of aromatic nitrogens is 3. The summed E-state index contributed by atoms with van der Waals surface area (Å²) in [7, 11) is 0. The minimum Gasteiger partial charge on any atom is -0.415 e. The van der Waals surface area contributed by atoms with E-state index in [2.05, 4.69) is 70.1 Å². The molecule has 0 bridgehead atoms. The molecular formula is C25H23N4O2+. The minimum absolute atomic E-state index is 0.249. The summed E-state index contributed by atoms with van der Waals surface area (Å²) in [5.74, 6) is 1.66. The number of quaternary nitrogens is 1. The van der Waals surface area contributed by atoms with Gasteiger partial charge in [0.05, 0.1) is 0 Å². The molecule has 154 valence electrons. The second-order valence-corrected chi connectivity index (χ2v) is 7.63. The second-order valence-electron chi connectivity index (χ2n) is 7.63. The molecule has 0 spiro atoms. The molecule has 0 aliphatic rings. The van der Waals surface area contributed by atoms with E-state index in [-0.39, 0.29) is 6.04 Å². The van der Waals surface area contributed by atoms with Crippen LogP contribution in [0.15, 0.2) is 81.7 Å². The second kappa shape index (κ2) is 8.16. The van der Waals surface area contributed by atoms with E-state index in [0.717, 1.165) is 11.1 Å². The van der Waals surface area contributed by atoms with Gasteiger partial charge < -0.3 is 14.3 Å². The van der Waals surface area contributed by atoms with E-state index in [1.165, 1.54) is 16.3 Å². The quantitative estimate of drug-likeness (QED) is 0.439. The van der Waals surface area contributed by atoms with Crippen LogP contribution in [-0.2, 0) is 6.54 Å². The fourth-order valence-electron chi connectivity index (χ4n) is 3.91. The van der Waals surface area contributed by atoms with E-state index in [9.17, 15) is 0 Å². The fourth-order valence-corrected chi connectivity index (χ4v) is 3.91. The van der Waals surface area contributed by atoms with Gasteiger partial charge in [-0.05, 0) is 24.6 Å². The Bertz CT molecular complexity index is 1320. The number of aryl methyl sites for hydroxylation is 1. The van der Waals surface area contributed by atoms with Crippen LogP contribution in [0, 0.1) is 6.92 Å². The third kappa shape index (κ3) is 3.73. The van der Waals surface area contributed by atoms with Gasteiger partial charge in [-0.25, -0.2) is 0 Å². The van der Waals surface area contributed by atoms with Crippen molar-refractivity contribution in [1.82, 2.24) is 15.4 Å². The first-order valence-electron chi connectivity index (χ1n) is 10.4. The number of fused-ring (bicyclic) bond motifs is 1. The van der Waals surface area contributed by atoms with Crippen molar-refractivity contribution in [2.75, 3.05) is 0 Å². The lowest BCUT2D eigenvalue weighted by Crippen LogP contribution is -2.83. The van der Waals surface area contributed by atoms with Crippen LogP contribution in [-0.4, -0.2) is 15.4 Å². The standard InChI is InChI=1S/C25H22N4O2/c1-16(20-14-8-12-18-9-6-7-13-21(18)20)26-15-22-27-28-25(30-22)23-17(2)31-29-24(23)19-10-4-3-5-11-19/h3-14,16,26H,15H2,1-2H3/p+1/t16-/m0/s1. The molecule has 0 saturated heterocycles. The van der Waals surface area contributed by atoms with E-state index in [1.807, 2.05) is 37.3 Å². The molecule has 6 heteroatoms. The summed E-state index contributed by atoms with van der Waals surface area (Å²) in [5.41, 5.74) is 3.69. The Hall–Kier alpha value is -3.77. The normalized spacial score (nSPS) is 12.3. The number of nitrogens with zero attached hydrogens (tertiary/aromatic N) is 3. The lowest BCUT2D eigenvalue weighted by atomic mass is 10.00. The van der Waals surface area contributed by atoms with Crippen LogP contribution in [0.2, 0.25) is 0 Å². The molecule has 2 N–H and O–H groups in total. The highest BCUT2D eigenvalue weighted by atomic mass is 16.5. The summed E-state index contributed by atoms with van der Waals surface area (Å²) < 4.78 is 11.4. The summed E-state index contributed by atoms with van der Waals surface area (Å²) in [6, 6.07) is 25.0. The van der Waals surface area contributed by atoms with Crippen LogP contribution >= 0.6 is 0 Å². The maximum atomic E-state index is 5.99. The van der Waals surface area contributed by atoms with Crippen molar-refractivity contribution in [3.8, 4) is 22.7 Å². The van der Waals surface area contributed by atoms with Crippen LogP contribution in [0.3, 0.4) is 0 Å². The summed E-state index contributed by atoms with van der Waals surface area (Å²) in [6.07, 6.45) is 0. The number of hydrogen-bond acceptors (Lipinski definition) is 5. The first kappa shape index (κ1) is 19.2. The Morgan fingerprint density at radius 3 is 2.55 bits per heavy atom. The molecule has 3 aromatic carbocycles. The molecule has 0 amide bonds. The van der Waals surface area contributed by atoms with E-state index >= 15 is 0 Å². The van der Waals surface area contributed by atoms with Crippen LogP contribution in [0.4, 0.5) is 0 Å². The third-order valence-electron chi connectivity index (χ3n) is 5.55. The summed E-state index contributed by atoms with van der Waals surface area (Å²) in [5, 5.41) is 17.5. The van der Waals surface area contributed by atoms with Gasteiger partial charge in [-0.2, -0.15) is 0 Å². The average molecular weight is 411 g/mol. The SMILES string of the molecule is Cc1onc(-c2ccccc2)c1-c1nnc(C[NH2+][C@@H](C)c2cccc3ccccc23)o1. The van der Waals surface area contributed by atoms with Crippen molar-refractivity contribution >= 4 is 10.8 Å². The lowest BCUT2D eigenvalue weighted by Gasteiger charge is -2.12. The van der Waals surface area contributed by atoms with Crippen LogP contribution < -0.4 is 5.32 Å². The molecule has 0 unspecified atom stereocenters. The zero-order chi connectivity index (χ0) is 21.2. The topological polar surface area (TPSA) is 81.6 Å². The van der Waals surface area contributed by atoms with Gasteiger partial charge in [-0.15, -0.1) is 10.2 Å². The number of benzene rings is 3. The third-order valence-corrected chi connectivity index (χ3v) is 5.55. The molecule has 2 heterocycles. The van der Waals surface area contributed by atoms with Crippen molar-refractivity contribution in [1.29, 1.82) is 0 Å². The predicted molar refractivity (Wildman–Crippen MR) is 118 cm³/mol. The van der Waals surface area contributed by atoms with Crippen LogP contribution in [0.5, 0.6) is 0 Å². The molecule has 0 saturated carbocycles. The Morgan fingerprint density at radius 2 is 1.68 bits per heavy atom. The molecule has 1 atom stereocenters. The van der Waals surface area contributed by atoms with Gasteiger partial charge in [0, 0.05) is 11.1 Å². The number of nitrogens with two attached hydrogens (primary N) is 1. The largest absolute Gasteiger partial charge is 0.415 e. The zero-order valence-corrected chi connectivity index (χ0v) is 17.4. The lowest BCUT2D eigenvalue weighted by molar-refractivity contribution is -0.709. The maximum Gasteiger partial charge on any atom is 0.271 e. The highest BCUT2D eigenvalue weighted by molar-refractivity contribution is 5.85. The molecule has 6 nitrogen and oxygen atoms in total. The minimum atomic E-state index is 0.249. The molecule has 0 aliphatic carbocycles. The molecular weight excluding hydrogens is 388 g/mol. The van der Waals surface area contributed by atoms with Gasteiger partial charge in [0.25, 0.3) is 11.8 Å². The number of hydrogen-bond donors (Lipinski definition) is 1. The molecule has 5 aromatic rings. The van der Waals surface area contributed by atoms with Crippen molar-refractivity contribution in [2.24, 2.45) is 0 Å². The first-order chi connectivity index (χ1) is 15.2. The Kier molecular flexibility index (Phi) is 5.06. The van der Waals surface area contributed by atoms with Gasteiger partial charge >= 0.3 is 0 Å². The summed E-state index contributed by atoms with van der Waals surface area (Å²) in [6.45, 7) is 4.63. The van der Waals surface area contributed by atoms with E-state index in [0.29, 0.717) is 29.8 Å². The predicted octanol–water partition coefficient (Wildman–Crippen LogP) is 4.68. The molecule has 5 rings (SSSR count). The van der Waals surface area contributed by atoms with E-state index in [4.69, 9.17) is 8.94 Å². The average Bonchev–Trinajstić information content (AvgIpc) is 3.44. The highest BCUT2D eigenvalue weighted by Gasteiger charge is 2.22. The van der Waals surface area contributed by atoms with Gasteiger partial charge in [0.2, 0.25) is 0 Å².